The maximum absolute atomic E-state index is 10.1. The summed E-state index contributed by atoms with van der Waals surface area (Å²) in [6.45, 7) is 6.75. The summed E-state index contributed by atoms with van der Waals surface area (Å²) in [5, 5.41) is 0. The fourth-order valence-corrected chi connectivity index (χ4v) is 0.615. The number of nitrogens with two attached hydrogens (primary N) is 3. The molecule has 7 N–H and O–H groups in total. The van der Waals surface area contributed by atoms with Crippen LogP contribution in [0.15, 0.2) is 30.3 Å². The zero-order valence-electron chi connectivity index (χ0n) is 13.1. The molecule has 0 bridgehead atoms. The van der Waals surface area contributed by atoms with Crippen LogP contribution in [-0.2, 0) is 69.1 Å². The zero-order valence-corrected chi connectivity index (χ0v) is 22.3. The van der Waals surface area contributed by atoms with E-state index in [1.807, 2.05) is 18.2 Å². The number of nitrogens with one attached hydrogen (secondary N) is 1. The maximum atomic E-state index is 10.1. The standard InChI is InChI=1S/C7H8N2O2.C3H6.2CH3NS2.2Zn/c8-7(10)11-9-6-4-2-1-3-5-6;1-3-2;2*2-1(3)4;;/h1-5,9H,(H2,8,10);1-3H2;2*(H3,2,3,4);;/q;-2;;;2*+2/p-2. The third kappa shape index (κ3) is 57.6. The van der Waals surface area contributed by atoms with E-state index in [0.29, 0.717) is 5.69 Å². The van der Waals surface area contributed by atoms with Crippen molar-refractivity contribution in [2.45, 2.75) is 6.42 Å². The molecule has 0 unspecified atom stereocenters. The van der Waals surface area contributed by atoms with E-state index >= 15 is 0 Å². The number of primary amides is 1. The van der Waals surface area contributed by atoms with Crippen LogP contribution in [0.25, 0.3) is 0 Å². The number of hydrogen-bond donors (Lipinski definition) is 4. The SMILES string of the molecule is NC(=O)ONc1ccccc1.NC(=S)[S-].NC(=S)[S-].[CH2-]C[CH2-].[Zn+2].[Zn+2]. The van der Waals surface area contributed by atoms with Gasteiger partial charge in [-0.25, -0.2) is 10.3 Å². The Morgan fingerprint density at radius 1 is 1.04 bits per heavy atom. The molecule has 6 nitrogen and oxygen atoms in total. The van der Waals surface area contributed by atoms with Gasteiger partial charge in [0.15, 0.2) is 0 Å². The molecule has 0 heterocycles. The Hall–Kier alpha value is -0.243. The Kier molecular flexibility index (Phi) is 40.2. The van der Waals surface area contributed by atoms with Crippen molar-refractivity contribution in [1.82, 2.24) is 0 Å². The van der Waals surface area contributed by atoms with E-state index in [1.165, 1.54) is 0 Å². The first-order valence-corrected chi connectivity index (χ1v) is 7.09. The molecule has 1 amide bonds. The number of benzene rings is 1. The summed E-state index contributed by atoms with van der Waals surface area (Å²) in [7, 11) is 0. The van der Waals surface area contributed by atoms with Gasteiger partial charge < -0.3 is 92.0 Å². The molecule has 126 valence electrons. The molecule has 0 saturated carbocycles. The molecule has 0 aliphatic carbocycles. The van der Waals surface area contributed by atoms with Gasteiger partial charge in [-0.2, -0.15) is 0 Å². The Morgan fingerprint density at radius 3 is 1.58 bits per heavy atom. The number of amides is 1. The van der Waals surface area contributed by atoms with Crippen molar-refractivity contribution in [3.8, 4) is 0 Å². The molecule has 1 aromatic rings. The van der Waals surface area contributed by atoms with Gasteiger partial charge in [-0.05, 0) is 12.1 Å². The van der Waals surface area contributed by atoms with E-state index in [-0.39, 0.29) is 47.6 Å². The number of hydrogen-bond acceptors (Lipinski definition) is 7. The summed E-state index contributed by atoms with van der Waals surface area (Å²) in [6.07, 6.45) is -0.103. The van der Waals surface area contributed by atoms with Crippen LogP contribution < -0.4 is 22.7 Å². The van der Waals surface area contributed by atoms with Gasteiger partial charge in [0.2, 0.25) is 0 Å². The average Bonchev–Trinajstić information content (AvgIpc) is 2.37. The molecule has 0 aliphatic rings. The first kappa shape index (κ1) is 35.0. The monoisotopic (exact) mass is 506 g/mol. The second kappa shape index (κ2) is 27.6. The van der Waals surface area contributed by atoms with E-state index in [4.69, 9.17) is 5.73 Å². The Morgan fingerprint density at radius 2 is 1.33 bits per heavy atom. The van der Waals surface area contributed by atoms with Crippen molar-refractivity contribution in [1.29, 1.82) is 0 Å². The molecule has 1 aromatic carbocycles. The number of rotatable bonds is 2. The minimum atomic E-state index is -0.853. The summed E-state index contributed by atoms with van der Waals surface area (Å²) in [5.41, 5.74) is 17.1. The smallest absolute Gasteiger partial charge is 0.415 e. The van der Waals surface area contributed by atoms with Crippen LogP contribution in [0.1, 0.15) is 6.42 Å². The van der Waals surface area contributed by atoms with Gasteiger partial charge in [0, 0.05) is 0 Å². The van der Waals surface area contributed by atoms with Gasteiger partial charge in [0.05, 0.1) is 5.69 Å². The predicted molar refractivity (Wildman–Crippen MR) is 104 cm³/mol. The molecule has 0 aromatic heterocycles. The summed E-state index contributed by atoms with van der Waals surface area (Å²) in [5.74, 6) is 0. The molecule has 0 atom stereocenters. The van der Waals surface area contributed by atoms with E-state index in [2.05, 4.69) is 85.3 Å². The van der Waals surface area contributed by atoms with Gasteiger partial charge >= 0.3 is 45.0 Å². The van der Waals surface area contributed by atoms with Crippen molar-refractivity contribution in [2.75, 3.05) is 5.48 Å². The molecule has 1 rings (SSSR count). The van der Waals surface area contributed by atoms with Gasteiger partial charge in [-0.1, -0.05) is 26.8 Å². The van der Waals surface area contributed by atoms with Crippen molar-refractivity contribution < 1.29 is 48.6 Å². The van der Waals surface area contributed by atoms with E-state index in [1.54, 1.807) is 12.1 Å². The Balaban J connectivity index is -0.0000000786. The van der Waals surface area contributed by atoms with Gasteiger partial charge in [0.1, 0.15) is 0 Å². The normalized spacial score (nSPS) is 6.75. The van der Waals surface area contributed by atoms with Gasteiger partial charge in [0.25, 0.3) is 0 Å². The van der Waals surface area contributed by atoms with Crippen molar-refractivity contribution >= 4 is 70.1 Å². The number of carbonyl (C=O) groups excluding carboxylic acids is 1. The molecule has 0 fully saturated rings. The molecule has 0 spiro atoms. The molecule has 24 heavy (non-hydrogen) atoms. The van der Waals surface area contributed by atoms with Crippen molar-refractivity contribution in [3.05, 3.63) is 44.2 Å². The van der Waals surface area contributed by atoms with Crippen LogP contribution in [0.2, 0.25) is 0 Å². The Bertz CT molecular complexity index is 409. The van der Waals surface area contributed by atoms with E-state index in [9.17, 15) is 4.79 Å². The zero-order chi connectivity index (χ0) is 18.0. The first-order chi connectivity index (χ1) is 10.2. The van der Waals surface area contributed by atoms with Crippen LogP contribution in [0.4, 0.5) is 10.5 Å². The molecule has 0 aliphatic heterocycles. The summed E-state index contributed by atoms with van der Waals surface area (Å²) in [6, 6.07) is 8.99. The fourth-order valence-electron chi connectivity index (χ4n) is 0.615. The third-order valence-corrected chi connectivity index (χ3v) is 1.04. The molecular formula is C12H18N4O2S4Zn2. The number of carbonyl (C=O) groups is 1. The van der Waals surface area contributed by atoms with Crippen LogP contribution in [0, 0.1) is 13.8 Å². The molecule has 12 heteroatoms. The minimum Gasteiger partial charge on any atom is -0.415 e. The first-order valence-electron chi connectivity index (χ1n) is 5.46. The minimum absolute atomic E-state index is 0. The van der Waals surface area contributed by atoms with E-state index < -0.39 is 6.09 Å². The largest absolute Gasteiger partial charge is 2.00 e. The van der Waals surface area contributed by atoms with Crippen LogP contribution in [-0.4, -0.2) is 14.7 Å². The summed E-state index contributed by atoms with van der Waals surface area (Å²) >= 11 is 16.5. The second-order valence-electron chi connectivity index (χ2n) is 2.88. The maximum Gasteiger partial charge on any atom is 2.00 e. The molecular weight excluding hydrogens is 491 g/mol. The van der Waals surface area contributed by atoms with Crippen LogP contribution in [0.3, 0.4) is 0 Å². The predicted octanol–water partition coefficient (Wildman–Crippen LogP) is 1.70. The average molecular weight is 509 g/mol. The number of anilines is 1. The quantitative estimate of drug-likeness (QED) is 0.156. The molecule has 0 radical (unpaired) electrons. The molecule has 0 saturated heterocycles. The Labute approximate surface area is 190 Å². The third-order valence-electron chi connectivity index (χ3n) is 1.04. The topological polar surface area (TPSA) is 116 Å². The van der Waals surface area contributed by atoms with Crippen molar-refractivity contribution in [3.63, 3.8) is 0 Å². The van der Waals surface area contributed by atoms with Crippen LogP contribution in [0.5, 0.6) is 0 Å². The van der Waals surface area contributed by atoms with Crippen LogP contribution >= 0.6 is 24.4 Å². The number of thiocarbonyl (C=S) groups is 2. The second-order valence-corrected chi connectivity index (χ2v) is 5.16. The summed E-state index contributed by atoms with van der Waals surface area (Å²) < 4.78 is 0.167. The van der Waals surface area contributed by atoms with Crippen molar-refractivity contribution in [2.24, 2.45) is 17.2 Å². The fraction of sp³-hybridized carbons (Fsp3) is 0.0833. The van der Waals surface area contributed by atoms with Gasteiger partial charge in [-0.15, -0.1) is 0 Å². The van der Waals surface area contributed by atoms with Gasteiger partial charge in [-0.3, -0.25) is 0 Å². The number of para-hydroxylation sites is 1. The van der Waals surface area contributed by atoms with E-state index in [0.717, 1.165) is 6.42 Å². The summed E-state index contributed by atoms with van der Waals surface area (Å²) in [4.78, 5) is 14.4.